The van der Waals surface area contributed by atoms with Crippen LogP contribution >= 0.6 is 23.2 Å². The van der Waals surface area contributed by atoms with Gasteiger partial charge < -0.3 is 4.42 Å². The van der Waals surface area contributed by atoms with E-state index in [1.165, 1.54) is 12.8 Å². The lowest BCUT2D eigenvalue weighted by Crippen LogP contribution is -2.45. The van der Waals surface area contributed by atoms with Gasteiger partial charge in [0.15, 0.2) is 5.89 Å². The lowest BCUT2D eigenvalue weighted by atomic mass is 9.86. The highest BCUT2D eigenvalue weighted by molar-refractivity contribution is 6.32. The Hall–Kier alpha value is -1.81. The van der Waals surface area contributed by atoms with Gasteiger partial charge in [-0.2, -0.15) is 0 Å². The second-order valence-electron chi connectivity index (χ2n) is 7.82. The molecule has 2 bridgehead atoms. The maximum Gasteiger partial charge on any atom is 0.197 e. The van der Waals surface area contributed by atoms with E-state index in [1.54, 1.807) is 12.5 Å². The van der Waals surface area contributed by atoms with Gasteiger partial charge in [0, 0.05) is 28.0 Å². The molecule has 3 nitrogen and oxygen atoms in total. The number of benzene rings is 2. The first kappa shape index (κ1) is 18.2. The Morgan fingerprint density at radius 3 is 1.96 bits per heavy atom. The van der Waals surface area contributed by atoms with Crippen LogP contribution in [0, 0.1) is 0 Å². The minimum Gasteiger partial charge on any atom is -0.449 e. The van der Waals surface area contributed by atoms with Crippen LogP contribution in [-0.2, 0) is 0 Å². The van der Waals surface area contributed by atoms with Gasteiger partial charge in [0.05, 0.1) is 12.2 Å². The van der Waals surface area contributed by atoms with Crippen molar-refractivity contribution in [1.82, 2.24) is 9.88 Å². The lowest BCUT2D eigenvalue weighted by Gasteiger charge is -2.43. The quantitative estimate of drug-likeness (QED) is 0.490. The third kappa shape index (κ3) is 3.16. The van der Waals surface area contributed by atoms with Crippen molar-refractivity contribution in [3.05, 3.63) is 88.1 Å². The van der Waals surface area contributed by atoms with Crippen LogP contribution < -0.4 is 0 Å². The summed E-state index contributed by atoms with van der Waals surface area (Å²) in [5.41, 5.74) is 2.26. The molecule has 0 N–H and O–H groups in total. The van der Waals surface area contributed by atoms with Gasteiger partial charge in [-0.25, -0.2) is 4.98 Å². The standard InChI is InChI=1S/C23H22Cl2N2O/c24-20-7-3-1-5-18(20)22(19-6-2-4-8-21(19)25)27-16-9-10-17(27)14-15(13-16)23-26-11-12-28-23/h1-8,11-12,15-17,22H,9-10,13-14H2. The van der Waals surface area contributed by atoms with Crippen molar-refractivity contribution in [2.75, 3.05) is 0 Å². The molecule has 28 heavy (non-hydrogen) atoms. The number of fused-ring (bicyclic) bond motifs is 2. The van der Waals surface area contributed by atoms with Crippen molar-refractivity contribution >= 4 is 23.2 Å². The Morgan fingerprint density at radius 1 is 0.893 bits per heavy atom. The molecule has 0 radical (unpaired) electrons. The molecule has 2 aliphatic rings. The van der Waals surface area contributed by atoms with Crippen LogP contribution in [0.4, 0.5) is 0 Å². The van der Waals surface area contributed by atoms with E-state index in [-0.39, 0.29) is 6.04 Å². The van der Waals surface area contributed by atoms with Crippen LogP contribution in [0.5, 0.6) is 0 Å². The van der Waals surface area contributed by atoms with Crippen LogP contribution in [0.15, 0.2) is 65.4 Å². The molecule has 2 unspecified atom stereocenters. The van der Waals surface area contributed by atoms with Gasteiger partial charge in [0.1, 0.15) is 6.26 Å². The normalized spacial score (nSPS) is 24.8. The zero-order valence-electron chi connectivity index (χ0n) is 15.5. The molecular formula is C23H22Cl2N2O. The summed E-state index contributed by atoms with van der Waals surface area (Å²) in [7, 11) is 0. The number of aromatic nitrogens is 1. The fourth-order valence-corrected chi connectivity index (χ4v) is 5.63. The van der Waals surface area contributed by atoms with Gasteiger partial charge in [0.2, 0.25) is 0 Å². The summed E-state index contributed by atoms with van der Waals surface area (Å²) in [6, 6.07) is 17.3. The minimum absolute atomic E-state index is 0.0606. The first-order valence-corrected chi connectivity index (χ1v) is 10.6. The van der Waals surface area contributed by atoms with Gasteiger partial charge in [-0.15, -0.1) is 0 Å². The smallest absolute Gasteiger partial charge is 0.197 e. The monoisotopic (exact) mass is 412 g/mol. The predicted molar refractivity (Wildman–Crippen MR) is 112 cm³/mol. The lowest BCUT2D eigenvalue weighted by molar-refractivity contribution is 0.0874. The highest BCUT2D eigenvalue weighted by Gasteiger charge is 2.46. The van der Waals surface area contributed by atoms with Gasteiger partial charge >= 0.3 is 0 Å². The molecule has 2 saturated heterocycles. The summed E-state index contributed by atoms with van der Waals surface area (Å²) in [6.45, 7) is 0. The van der Waals surface area contributed by atoms with E-state index in [1.807, 2.05) is 24.3 Å². The van der Waals surface area contributed by atoms with Gasteiger partial charge in [-0.05, 0) is 48.9 Å². The van der Waals surface area contributed by atoms with Gasteiger partial charge in [-0.3, -0.25) is 4.90 Å². The topological polar surface area (TPSA) is 29.3 Å². The Morgan fingerprint density at radius 2 is 1.46 bits per heavy atom. The van der Waals surface area contributed by atoms with Crippen molar-refractivity contribution in [3.8, 4) is 0 Å². The molecular weight excluding hydrogens is 391 g/mol. The molecule has 2 aromatic carbocycles. The van der Waals surface area contributed by atoms with E-state index in [0.29, 0.717) is 18.0 Å². The van der Waals surface area contributed by atoms with Gasteiger partial charge in [-0.1, -0.05) is 59.6 Å². The van der Waals surface area contributed by atoms with Crippen LogP contribution in [0.25, 0.3) is 0 Å². The molecule has 5 heteroatoms. The van der Waals surface area contributed by atoms with E-state index in [4.69, 9.17) is 27.6 Å². The van der Waals surface area contributed by atoms with E-state index in [0.717, 1.165) is 39.9 Å². The van der Waals surface area contributed by atoms with Gasteiger partial charge in [0.25, 0.3) is 0 Å². The van der Waals surface area contributed by atoms with Crippen molar-refractivity contribution in [2.24, 2.45) is 0 Å². The van der Waals surface area contributed by atoms with Crippen molar-refractivity contribution in [1.29, 1.82) is 0 Å². The summed E-state index contributed by atoms with van der Waals surface area (Å²) in [5, 5.41) is 1.59. The molecule has 2 aliphatic heterocycles. The molecule has 0 saturated carbocycles. The molecule has 3 aromatic rings. The van der Waals surface area contributed by atoms with Crippen LogP contribution in [0.1, 0.15) is 54.7 Å². The molecule has 2 fully saturated rings. The van der Waals surface area contributed by atoms with Crippen molar-refractivity contribution in [2.45, 2.75) is 49.7 Å². The Balaban J connectivity index is 1.56. The van der Waals surface area contributed by atoms with Crippen molar-refractivity contribution in [3.63, 3.8) is 0 Å². The Kier molecular flexibility index (Phi) is 4.92. The molecule has 5 rings (SSSR count). The summed E-state index contributed by atoms with van der Waals surface area (Å²) in [6.07, 6.45) is 7.92. The molecule has 1 aromatic heterocycles. The minimum atomic E-state index is 0.0606. The summed E-state index contributed by atoms with van der Waals surface area (Å²) in [5.74, 6) is 1.27. The Bertz CT molecular complexity index is 899. The fraction of sp³-hybridized carbons (Fsp3) is 0.348. The van der Waals surface area contributed by atoms with Crippen LogP contribution in [0.2, 0.25) is 10.0 Å². The maximum atomic E-state index is 6.67. The van der Waals surface area contributed by atoms with E-state index < -0.39 is 0 Å². The highest BCUT2D eigenvalue weighted by atomic mass is 35.5. The number of hydrogen-bond donors (Lipinski definition) is 0. The average Bonchev–Trinajstić information content (AvgIpc) is 3.32. The zero-order valence-corrected chi connectivity index (χ0v) is 17.0. The molecule has 2 atom stereocenters. The number of hydrogen-bond acceptors (Lipinski definition) is 3. The number of piperidine rings is 1. The second-order valence-corrected chi connectivity index (χ2v) is 8.63. The van der Waals surface area contributed by atoms with E-state index in [9.17, 15) is 0 Å². The SMILES string of the molecule is Clc1ccccc1C(c1ccccc1Cl)N1C2CCC1CC(c1ncco1)C2. The van der Waals surface area contributed by atoms with Crippen LogP contribution in [0.3, 0.4) is 0 Å². The fourth-order valence-electron chi connectivity index (χ4n) is 5.16. The summed E-state index contributed by atoms with van der Waals surface area (Å²) < 4.78 is 5.63. The largest absolute Gasteiger partial charge is 0.449 e. The molecule has 0 amide bonds. The number of oxazole rings is 1. The molecule has 144 valence electrons. The second kappa shape index (κ2) is 7.55. The van der Waals surface area contributed by atoms with E-state index >= 15 is 0 Å². The number of nitrogens with zero attached hydrogens (tertiary/aromatic N) is 2. The number of rotatable bonds is 4. The third-order valence-corrected chi connectivity index (χ3v) is 6.98. The summed E-state index contributed by atoms with van der Waals surface area (Å²) in [4.78, 5) is 7.08. The Labute approximate surface area is 175 Å². The summed E-state index contributed by atoms with van der Waals surface area (Å²) >= 11 is 13.3. The predicted octanol–water partition coefficient (Wildman–Crippen LogP) is 6.48. The average molecular weight is 413 g/mol. The molecule has 0 spiro atoms. The van der Waals surface area contributed by atoms with Crippen LogP contribution in [-0.4, -0.2) is 22.0 Å². The van der Waals surface area contributed by atoms with E-state index in [2.05, 4.69) is 34.1 Å². The molecule has 0 aliphatic carbocycles. The maximum absolute atomic E-state index is 6.67. The number of halogens is 2. The zero-order chi connectivity index (χ0) is 19.1. The first-order valence-electron chi connectivity index (χ1n) is 9.88. The molecule has 3 heterocycles. The third-order valence-electron chi connectivity index (χ3n) is 6.29. The highest BCUT2D eigenvalue weighted by Crippen LogP contribution is 2.49. The first-order chi connectivity index (χ1) is 13.7. The van der Waals surface area contributed by atoms with Crippen molar-refractivity contribution < 1.29 is 4.42 Å².